The first kappa shape index (κ1) is 29.3. The first-order valence-corrected chi connectivity index (χ1v) is 4.00. The molecular weight excluding hydrogens is 262 g/mol. The molecule has 0 radical (unpaired) electrons. The van der Waals surface area contributed by atoms with Gasteiger partial charge in [-0.15, -0.1) is 0 Å². The van der Waals surface area contributed by atoms with Crippen molar-refractivity contribution in [3.8, 4) is 0 Å². The van der Waals surface area contributed by atoms with E-state index in [1.54, 1.807) is 0 Å². The summed E-state index contributed by atoms with van der Waals surface area (Å²) in [7, 11) is -10.3. The molecule has 13 heavy (non-hydrogen) atoms. The molecule has 0 aromatic heterocycles. The van der Waals surface area contributed by atoms with E-state index in [4.69, 9.17) is 35.0 Å². The molecule has 0 bridgehead atoms. The van der Waals surface area contributed by atoms with Crippen molar-refractivity contribution in [2.24, 2.45) is 0 Å². The monoisotopic (exact) mass is 262 g/mol. The number of hydrogen-bond acceptors (Lipinski definition) is 8. The summed E-state index contributed by atoms with van der Waals surface area (Å²) in [5.41, 5.74) is 0. The SMILES string of the molecule is O=S(=O)([O-])[O-].O=S(=O)([O-])[O-].[Fe+2].[Li+].[Li+]. The molecule has 0 amide bonds. The van der Waals surface area contributed by atoms with Gasteiger partial charge in [0.1, 0.15) is 0 Å². The summed E-state index contributed by atoms with van der Waals surface area (Å²) in [6.45, 7) is 0. The van der Waals surface area contributed by atoms with Crippen molar-refractivity contribution in [2.45, 2.75) is 0 Å². The van der Waals surface area contributed by atoms with Crippen molar-refractivity contribution < 1.29 is 89.8 Å². The smallest absolute Gasteiger partial charge is 0.759 e. The van der Waals surface area contributed by atoms with E-state index in [9.17, 15) is 0 Å². The van der Waals surface area contributed by atoms with Gasteiger partial charge in [0.25, 0.3) is 0 Å². The second kappa shape index (κ2) is 11.5. The molecule has 0 saturated heterocycles. The number of rotatable bonds is 0. The quantitative estimate of drug-likeness (QED) is 0.236. The first-order valence-electron chi connectivity index (χ1n) is 1.33. The van der Waals surface area contributed by atoms with Crippen molar-refractivity contribution in [3.05, 3.63) is 0 Å². The molecule has 0 saturated carbocycles. The van der Waals surface area contributed by atoms with Crippen LogP contribution in [-0.2, 0) is 37.9 Å². The molecule has 0 fully saturated rings. The topological polar surface area (TPSA) is 161 Å². The molecule has 0 atom stereocenters. The molecule has 0 N–H and O–H groups in total. The van der Waals surface area contributed by atoms with Gasteiger partial charge in [-0.2, -0.15) is 0 Å². The van der Waals surface area contributed by atoms with Gasteiger partial charge in [-0.1, -0.05) is 0 Å². The Morgan fingerprint density at radius 1 is 0.615 bits per heavy atom. The summed E-state index contributed by atoms with van der Waals surface area (Å²) >= 11 is 0. The molecule has 0 aliphatic carbocycles. The molecule has 8 nitrogen and oxygen atoms in total. The van der Waals surface area contributed by atoms with Crippen LogP contribution in [0.15, 0.2) is 0 Å². The molecule has 0 unspecified atom stereocenters. The van der Waals surface area contributed by atoms with Gasteiger partial charge in [0.05, 0.1) is 0 Å². The zero-order chi connectivity index (χ0) is 9.00. The van der Waals surface area contributed by atoms with Crippen LogP contribution in [-0.4, -0.2) is 35.0 Å². The zero-order valence-corrected chi connectivity index (χ0v) is 9.17. The van der Waals surface area contributed by atoms with Crippen molar-refractivity contribution in [1.82, 2.24) is 0 Å². The second-order valence-electron chi connectivity index (χ2n) is 0.816. The minimum atomic E-state index is -5.17. The van der Waals surface area contributed by atoms with Crippen molar-refractivity contribution in [3.63, 3.8) is 0 Å². The molecule has 70 valence electrons. The Labute approximate surface area is 110 Å². The normalized spacial score (nSPS) is 8.92. The van der Waals surface area contributed by atoms with Crippen LogP contribution in [0.3, 0.4) is 0 Å². The van der Waals surface area contributed by atoms with Crippen LogP contribution >= 0.6 is 0 Å². The average molecular weight is 262 g/mol. The summed E-state index contributed by atoms with van der Waals surface area (Å²) in [6, 6.07) is 0. The van der Waals surface area contributed by atoms with E-state index >= 15 is 0 Å². The summed E-state index contributed by atoms with van der Waals surface area (Å²) < 4.78 is 68.2. The maximum Gasteiger partial charge on any atom is 2.00 e. The summed E-state index contributed by atoms with van der Waals surface area (Å²) in [4.78, 5) is 0. The van der Waals surface area contributed by atoms with E-state index in [1.165, 1.54) is 0 Å². The van der Waals surface area contributed by atoms with Crippen LogP contribution in [0.1, 0.15) is 0 Å². The van der Waals surface area contributed by atoms with E-state index in [1.807, 2.05) is 0 Å². The van der Waals surface area contributed by atoms with E-state index < -0.39 is 20.8 Å². The Balaban J connectivity index is -0.0000000267. The van der Waals surface area contributed by atoms with Crippen LogP contribution in [0.5, 0.6) is 0 Å². The molecule has 0 aromatic rings. The van der Waals surface area contributed by atoms with E-state index in [0.29, 0.717) is 0 Å². The third-order valence-electron chi connectivity index (χ3n) is 0. The van der Waals surface area contributed by atoms with Gasteiger partial charge in [0.2, 0.25) is 0 Å². The second-order valence-corrected chi connectivity index (χ2v) is 2.45. The van der Waals surface area contributed by atoms with Crippen molar-refractivity contribution in [2.75, 3.05) is 0 Å². The summed E-state index contributed by atoms with van der Waals surface area (Å²) in [5.74, 6) is 0. The van der Waals surface area contributed by atoms with E-state index in [-0.39, 0.29) is 54.8 Å². The first-order chi connectivity index (χ1) is 4.00. The van der Waals surface area contributed by atoms with Crippen LogP contribution < -0.4 is 37.7 Å². The van der Waals surface area contributed by atoms with Gasteiger partial charge >= 0.3 is 54.8 Å². The average Bonchev–Trinajstić information content (AvgIpc) is 1.12. The van der Waals surface area contributed by atoms with Gasteiger partial charge < -0.3 is 18.2 Å². The van der Waals surface area contributed by atoms with Crippen molar-refractivity contribution in [1.29, 1.82) is 0 Å². The molecule has 0 heterocycles. The number of hydrogen-bond donors (Lipinski definition) is 0. The fraction of sp³-hybridized carbons (Fsp3) is 0. The molecule has 0 rings (SSSR count). The Morgan fingerprint density at radius 3 is 0.615 bits per heavy atom. The maximum absolute atomic E-state index is 8.52. The Hall–Kier alpha value is 1.45. The van der Waals surface area contributed by atoms with Gasteiger partial charge in [-0.3, -0.25) is 16.8 Å². The minimum Gasteiger partial charge on any atom is -0.759 e. The fourth-order valence-electron chi connectivity index (χ4n) is 0. The van der Waals surface area contributed by atoms with Crippen LogP contribution in [0.25, 0.3) is 0 Å². The Morgan fingerprint density at radius 2 is 0.615 bits per heavy atom. The molecule has 13 heteroatoms. The molecular formula is FeLi2O8S2. The van der Waals surface area contributed by atoms with E-state index in [0.717, 1.165) is 0 Å². The van der Waals surface area contributed by atoms with Gasteiger partial charge in [0.15, 0.2) is 0 Å². The van der Waals surface area contributed by atoms with Crippen molar-refractivity contribution >= 4 is 20.8 Å². The summed E-state index contributed by atoms with van der Waals surface area (Å²) in [6.07, 6.45) is 0. The van der Waals surface area contributed by atoms with Gasteiger partial charge in [0, 0.05) is 20.8 Å². The minimum absolute atomic E-state index is 0. The molecule has 0 aliphatic heterocycles. The predicted octanol–water partition coefficient (Wildman–Crippen LogP) is -8.67. The van der Waals surface area contributed by atoms with Crippen LogP contribution in [0.2, 0.25) is 0 Å². The third kappa shape index (κ3) is 835. The standard InChI is InChI=1S/Fe.2Li.2H2O4S/c;;;2*1-5(2,3)4/h;;;2*(H2,1,2,3,4)/q+2;2*+1;;/p-4. The third-order valence-corrected chi connectivity index (χ3v) is 0. The Bertz CT molecular complexity index is 217. The van der Waals surface area contributed by atoms with Gasteiger partial charge in [-0.25, -0.2) is 0 Å². The van der Waals surface area contributed by atoms with E-state index in [2.05, 4.69) is 0 Å². The zero-order valence-electron chi connectivity index (χ0n) is 6.44. The maximum atomic E-state index is 8.52. The predicted molar refractivity (Wildman–Crippen MR) is 20.9 cm³/mol. The van der Waals surface area contributed by atoms with Crippen LogP contribution in [0, 0.1) is 0 Å². The molecule has 0 aliphatic rings. The summed E-state index contributed by atoms with van der Waals surface area (Å²) in [5, 5.41) is 0. The molecule has 0 spiro atoms. The Kier molecular flexibility index (Phi) is 26.0. The van der Waals surface area contributed by atoms with Crippen LogP contribution in [0.4, 0.5) is 0 Å². The molecule has 0 aromatic carbocycles. The fourth-order valence-corrected chi connectivity index (χ4v) is 0. The largest absolute Gasteiger partial charge is 2.00 e. The van der Waals surface area contributed by atoms with Gasteiger partial charge in [-0.05, 0) is 0 Å².